The number of nitrogens with one attached hydrogen (secondary N) is 2. The van der Waals surface area contributed by atoms with E-state index in [1.165, 1.54) is 6.20 Å². The molecule has 1 aromatic heterocycles. The molecular formula is C13H11BrClN3O. The van der Waals surface area contributed by atoms with Crippen molar-refractivity contribution >= 4 is 44.8 Å². The van der Waals surface area contributed by atoms with E-state index in [1.807, 2.05) is 0 Å². The zero-order chi connectivity index (χ0) is 13.8. The molecule has 1 aromatic carbocycles. The van der Waals surface area contributed by atoms with Crippen LogP contribution in [0.5, 0.6) is 0 Å². The fourth-order valence-electron chi connectivity index (χ4n) is 1.57. The van der Waals surface area contributed by atoms with Crippen molar-refractivity contribution in [3.8, 4) is 0 Å². The molecule has 0 bridgehead atoms. The molecule has 0 fully saturated rings. The van der Waals surface area contributed by atoms with E-state index in [0.717, 1.165) is 10.2 Å². The van der Waals surface area contributed by atoms with E-state index in [4.69, 9.17) is 11.6 Å². The number of halogens is 2. The van der Waals surface area contributed by atoms with Crippen molar-refractivity contribution in [3.63, 3.8) is 0 Å². The molecule has 0 aliphatic heterocycles. The molecule has 0 saturated heterocycles. The van der Waals surface area contributed by atoms with Gasteiger partial charge in [0.25, 0.3) is 5.91 Å². The molecule has 2 aromatic rings. The molecule has 0 aliphatic carbocycles. The largest absolute Gasteiger partial charge is 0.387 e. The summed E-state index contributed by atoms with van der Waals surface area (Å²) in [6.07, 6.45) is 3.14. The Hall–Kier alpha value is -1.59. The first-order chi connectivity index (χ1) is 9.11. The second kappa shape index (κ2) is 6.04. The minimum Gasteiger partial charge on any atom is -0.387 e. The van der Waals surface area contributed by atoms with Gasteiger partial charge in [0.15, 0.2) is 0 Å². The monoisotopic (exact) mass is 339 g/mol. The summed E-state index contributed by atoms with van der Waals surface area (Å²) in [5, 5.41) is 6.36. The van der Waals surface area contributed by atoms with E-state index in [1.54, 1.807) is 37.5 Å². The van der Waals surface area contributed by atoms with Gasteiger partial charge in [0, 0.05) is 34.6 Å². The standard InChI is InChI=1S/C13H11BrClN3O/c1-16-11-4-5-17-7-9(11)13(19)18-12-3-2-8(15)6-10(12)14/h2-7H,1H3,(H,16,17)(H,18,19). The molecule has 0 aliphatic rings. The number of hydrogen-bond donors (Lipinski definition) is 2. The number of carbonyl (C=O) groups excluding carboxylic acids is 1. The maximum Gasteiger partial charge on any atom is 0.259 e. The van der Waals surface area contributed by atoms with Gasteiger partial charge in [-0.3, -0.25) is 9.78 Å². The highest BCUT2D eigenvalue weighted by atomic mass is 79.9. The van der Waals surface area contributed by atoms with Gasteiger partial charge >= 0.3 is 0 Å². The van der Waals surface area contributed by atoms with Crippen molar-refractivity contribution in [1.29, 1.82) is 0 Å². The quantitative estimate of drug-likeness (QED) is 0.894. The number of aromatic nitrogens is 1. The zero-order valence-corrected chi connectivity index (χ0v) is 12.4. The van der Waals surface area contributed by atoms with Gasteiger partial charge in [-0.05, 0) is 40.2 Å². The molecule has 0 radical (unpaired) electrons. The van der Waals surface area contributed by atoms with Gasteiger partial charge in [0.1, 0.15) is 0 Å². The van der Waals surface area contributed by atoms with Crippen LogP contribution >= 0.6 is 27.5 Å². The lowest BCUT2D eigenvalue weighted by Gasteiger charge is -2.10. The Labute approximate surface area is 124 Å². The molecule has 0 saturated carbocycles. The van der Waals surface area contributed by atoms with Crippen LogP contribution in [-0.2, 0) is 0 Å². The SMILES string of the molecule is CNc1ccncc1C(=O)Nc1ccc(Cl)cc1Br. The van der Waals surface area contributed by atoms with Crippen LogP contribution in [0.4, 0.5) is 11.4 Å². The number of carbonyl (C=O) groups is 1. The van der Waals surface area contributed by atoms with Crippen molar-refractivity contribution in [2.24, 2.45) is 0 Å². The summed E-state index contributed by atoms with van der Waals surface area (Å²) in [5.74, 6) is -0.236. The topological polar surface area (TPSA) is 54.0 Å². The third-order valence-electron chi connectivity index (χ3n) is 2.51. The third-order valence-corrected chi connectivity index (χ3v) is 3.41. The minimum absolute atomic E-state index is 0.236. The second-order valence-electron chi connectivity index (χ2n) is 3.75. The van der Waals surface area contributed by atoms with Gasteiger partial charge < -0.3 is 10.6 Å². The summed E-state index contributed by atoms with van der Waals surface area (Å²) < 4.78 is 0.725. The summed E-state index contributed by atoms with van der Waals surface area (Å²) in [7, 11) is 1.75. The average molecular weight is 341 g/mol. The number of hydrogen-bond acceptors (Lipinski definition) is 3. The number of nitrogens with zero attached hydrogens (tertiary/aromatic N) is 1. The van der Waals surface area contributed by atoms with E-state index >= 15 is 0 Å². The van der Waals surface area contributed by atoms with Crippen molar-refractivity contribution in [1.82, 2.24) is 4.98 Å². The van der Waals surface area contributed by atoms with Gasteiger partial charge in [-0.15, -0.1) is 0 Å². The van der Waals surface area contributed by atoms with Crippen LogP contribution in [0.25, 0.3) is 0 Å². The van der Waals surface area contributed by atoms with Crippen LogP contribution < -0.4 is 10.6 Å². The molecule has 1 amide bonds. The van der Waals surface area contributed by atoms with E-state index in [0.29, 0.717) is 16.3 Å². The molecule has 0 spiro atoms. The van der Waals surface area contributed by atoms with Gasteiger partial charge in [0.2, 0.25) is 0 Å². The van der Waals surface area contributed by atoms with Gasteiger partial charge in [-0.25, -0.2) is 0 Å². The van der Waals surface area contributed by atoms with Crippen LogP contribution in [0.3, 0.4) is 0 Å². The Bertz CT molecular complexity index is 619. The fourth-order valence-corrected chi connectivity index (χ4v) is 2.36. The van der Waals surface area contributed by atoms with Crippen LogP contribution in [0.1, 0.15) is 10.4 Å². The Morgan fingerprint density at radius 2 is 2.11 bits per heavy atom. The molecule has 6 heteroatoms. The fraction of sp³-hybridized carbons (Fsp3) is 0.0769. The summed E-state index contributed by atoms with van der Waals surface area (Å²) in [4.78, 5) is 16.1. The lowest BCUT2D eigenvalue weighted by atomic mass is 10.2. The van der Waals surface area contributed by atoms with E-state index in [-0.39, 0.29) is 5.91 Å². The molecule has 0 atom stereocenters. The molecule has 0 unspecified atom stereocenters. The van der Waals surface area contributed by atoms with Gasteiger partial charge in [0.05, 0.1) is 11.3 Å². The maximum atomic E-state index is 12.2. The van der Waals surface area contributed by atoms with E-state index in [9.17, 15) is 4.79 Å². The summed E-state index contributed by atoms with van der Waals surface area (Å²) in [6, 6.07) is 6.91. The van der Waals surface area contributed by atoms with Crippen molar-refractivity contribution in [2.75, 3.05) is 17.7 Å². The molecular weight excluding hydrogens is 330 g/mol. The van der Waals surface area contributed by atoms with Gasteiger partial charge in [-0.2, -0.15) is 0 Å². The predicted octanol–water partition coefficient (Wildman–Crippen LogP) is 3.79. The first-order valence-electron chi connectivity index (χ1n) is 5.50. The highest BCUT2D eigenvalue weighted by Gasteiger charge is 2.12. The lowest BCUT2D eigenvalue weighted by molar-refractivity contribution is 0.102. The van der Waals surface area contributed by atoms with E-state index < -0.39 is 0 Å². The van der Waals surface area contributed by atoms with E-state index in [2.05, 4.69) is 31.5 Å². The van der Waals surface area contributed by atoms with Crippen molar-refractivity contribution < 1.29 is 4.79 Å². The number of pyridine rings is 1. The highest BCUT2D eigenvalue weighted by Crippen LogP contribution is 2.26. The maximum absolute atomic E-state index is 12.2. The summed E-state index contributed by atoms with van der Waals surface area (Å²) in [5.41, 5.74) is 1.85. The van der Waals surface area contributed by atoms with Gasteiger partial charge in [-0.1, -0.05) is 11.6 Å². The number of rotatable bonds is 3. The summed E-state index contributed by atoms with van der Waals surface area (Å²) >= 11 is 9.21. The normalized spacial score (nSPS) is 10.1. The predicted molar refractivity (Wildman–Crippen MR) is 80.9 cm³/mol. The molecule has 4 nitrogen and oxygen atoms in total. The van der Waals surface area contributed by atoms with Crippen LogP contribution in [0.2, 0.25) is 5.02 Å². The highest BCUT2D eigenvalue weighted by molar-refractivity contribution is 9.10. The molecule has 98 valence electrons. The molecule has 1 heterocycles. The first-order valence-corrected chi connectivity index (χ1v) is 6.67. The number of amides is 1. The Balaban J connectivity index is 2.26. The Morgan fingerprint density at radius 1 is 1.32 bits per heavy atom. The zero-order valence-electron chi connectivity index (χ0n) is 10.1. The van der Waals surface area contributed by atoms with Crippen molar-refractivity contribution in [3.05, 3.63) is 51.7 Å². The first kappa shape index (κ1) is 13.8. The molecule has 2 N–H and O–H groups in total. The smallest absolute Gasteiger partial charge is 0.259 e. The number of anilines is 2. The minimum atomic E-state index is -0.236. The second-order valence-corrected chi connectivity index (χ2v) is 5.04. The third kappa shape index (κ3) is 3.24. The number of benzene rings is 1. The van der Waals surface area contributed by atoms with Crippen LogP contribution in [0.15, 0.2) is 41.1 Å². The summed E-state index contributed by atoms with van der Waals surface area (Å²) in [6.45, 7) is 0. The van der Waals surface area contributed by atoms with Crippen LogP contribution in [0, 0.1) is 0 Å². The van der Waals surface area contributed by atoms with Crippen molar-refractivity contribution in [2.45, 2.75) is 0 Å². The molecule has 2 rings (SSSR count). The lowest BCUT2D eigenvalue weighted by Crippen LogP contribution is -2.14. The van der Waals surface area contributed by atoms with Crippen LogP contribution in [-0.4, -0.2) is 17.9 Å². The Kier molecular flexibility index (Phi) is 4.39. The Morgan fingerprint density at radius 3 is 2.79 bits per heavy atom. The molecule has 19 heavy (non-hydrogen) atoms. The average Bonchev–Trinajstić information content (AvgIpc) is 2.41.